The van der Waals surface area contributed by atoms with Crippen molar-refractivity contribution in [1.82, 2.24) is 5.32 Å². The van der Waals surface area contributed by atoms with Gasteiger partial charge >= 0.3 is 5.97 Å². The summed E-state index contributed by atoms with van der Waals surface area (Å²) in [6.07, 6.45) is 6.87. The Morgan fingerprint density at radius 3 is 2.60 bits per heavy atom. The van der Waals surface area contributed by atoms with Gasteiger partial charge in [-0.15, -0.1) is 0 Å². The molecule has 1 N–H and O–H groups in total. The topological polar surface area (TPSA) is 38.3 Å². The maximum atomic E-state index is 12.0. The first kappa shape index (κ1) is 15.0. The van der Waals surface area contributed by atoms with Gasteiger partial charge in [0.15, 0.2) is 0 Å². The van der Waals surface area contributed by atoms with Crippen LogP contribution in [0.5, 0.6) is 0 Å². The van der Waals surface area contributed by atoms with E-state index in [1.807, 2.05) is 37.4 Å². The molecule has 3 heteroatoms. The predicted octanol–water partition coefficient (Wildman–Crippen LogP) is 3.29. The summed E-state index contributed by atoms with van der Waals surface area (Å²) in [5.74, 6) is 0.525. The van der Waals surface area contributed by atoms with Crippen LogP contribution in [0, 0.1) is 5.92 Å². The van der Waals surface area contributed by atoms with Crippen LogP contribution in [0.4, 0.5) is 0 Å². The summed E-state index contributed by atoms with van der Waals surface area (Å²) in [6.45, 7) is 0.376. The first-order chi connectivity index (χ1) is 9.79. The summed E-state index contributed by atoms with van der Waals surface area (Å²) in [6, 6.07) is 10.1. The van der Waals surface area contributed by atoms with Gasteiger partial charge in [0.2, 0.25) is 0 Å². The lowest BCUT2D eigenvalue weighted by Gasteiger charge is -2.29. The molecular weight excluding hydrogens is 250 g/mol. The molecule has 2 rings (SSSR count). The molecule has 1 saturated carbocycles. The van der Waals surface area contributed by atoms with Crippen molar-refractivity contribution < 1.29 is 9.53 Å². The summed E-state index contributed by atoms with van der Waals surface area (Å²) in [5.41, 5.74) is 1.04. The van der Waals surface area contributed by atoms with Crippen LogP contribution in [0.15, 0.2) is 30.3 Å². The molecule has 1 aromatic carbocycles. The lowest BCUT2D eigenvalue weighted by Crippen LogP contribution is -2.37. The van der Waals surface area contributed by atoms with Crippen molar-refractivity contribution in [3.05, 3.63) is 35.9 Å². The molecule has 20 heavy (non-hydrogen) atoms. The summed E-state index contributed by atoms with van der Waals surface area (Å²) in [7, 11) is 1.95. The highest BCUT2D eigenvalue weighted by atomic mass is 16.5. The van der Waals surface area contributed by atoms with Gasteiger partial charge in [-0.3, -0.25) is 4.79 Å². The fourth-order valence-corrected chi connectivity index (χ4v) is 3.02. The highest BCUT2D eigenvalue weighted by molar-refractivity contribution is 5.70. The standard InChI is InChI=1S/C17H25NO2/c1-18-16(15-10-6-3-7-11-15)12-17(19)20-13-14-8-4-2-5-9-14/h2,4-5,8-9,15-16,18H,3,6-7,10-13H2,1H3. The van der Waals surface area contributed by atoms with Gasteiger partial charge in [0.05, 0.1) is 6.42 Å². The highest BCUT2D eigenvalue weighted by Gasteiger charge is 2.24. The van der Waals surface area contributed by atoms with Gasteiger partial charge < -0.3 is 10.1 Å². The van der Waals surface area contributed by atoms with Crippen molar-refractivity contribution >= 4 is 5.97 Å². The van der Waals surface area contributed by atoms with Crippen molar-refractivity contribution in [3.8, 4) is 0 Å². The quantitative estimate of drug-likeness (QED) is 0.810. The van der Waals surface area contributed by atoms with Crippen LogP contribution in [0.25, 0.3) is 0 Å². The molecule has 1 aliphatic rings. The Morgan fingerprint density at radius 2 is 1.95 bits per heavy atom. The molecule has 0 spiro atoms. The van der Waals surface area contributed by atoms with Crippen LogP contribution in [0.1, 0.15) is 44.1 Å². The van der Waals surface area contributed by atoms with Crippen LogP contribution in [-0.2, 0) is 16.1 Å². The molecule has 110 valence electrons. The van der Waals surface area contributed by atoms with E-state index in [2.05, 4.69) is 5.32 Å². The van der Waals surface area contributed by atoms with Gasteiger partial charge in [0.25, 0.3) is 0 Å². The van der Waals surface area contributed by atoms with E-state index >= 15 is 0 Å². The maximum Gasteiger partial charge on any atom is 0.307 e. The largest absolute Gasteiger partial charge is 0.461 e. The molecule has 0 heterocycles. The number of carbonyl (C=O) groups is 1. The van der Waals surface area contributed by atoms with Crippen LogP contribution in [-0.4, -0.2) is 19.1 Å². The number of carbonyl (C=O) groups excluding carboxylic acids is 1. The molecule has 0 aromatic heterocycles. The van der Waals surface area contributed by atoms with E-state index in [1.165, 1.54) is 32.1 Å². The van der Waals surface area contributed by atoms with E-state index in [-0.39, 0.29) is 12.0 Å². The first-order valence-corrected chi connectivity index (χ1v) is 7.66. The second kappa shape index (κ2) is 8.05. The zero-order valence-corrected chi connectivity index (χ0v) is 12.3. The Bertz CT molecular complexity index is 399. The highest BCUT2D eigenvalue weighted by Crippen LogP contribution is 2.27. The zero-order chi connectivity index (χ0) is 14.2. The SMILES string of the molecule is CNC(CC(=O)OCc1ccccc1)C1CCCCC1. The van der Waals surface area contributed by atoms with Gasteiger partial charge in [-0.05, 0) is 31.4 Å². The molecule has 0 amide bonds. The Balaban J connectivity index is 1.77. The molecule has 3 nitrogen and oxygen atoms in total. The Hall–Kier alpha value is -1.35. The summed E-state index contributed by atoms with van der Waals surface area (Å²) < 4.78 is 5.37. The van der Waals surface area contributed by atoms with Crippen LogP contribution in [0.2, 0.25) is 0 Å². The van der Waals surface area contributed by atoms with Gasteiger partial charge in [-0.1, -0.05) is 49.6 Å². The van der Waals surface area contributed by atoms with Crippen molar-refractivity contribution in [2.45, 2.75) is 51.2 Å². The second-order valence-corrected chi connectivity index (χ2v) is 5.64. The van der Waals surface area contributed by atoms with Crippen molar-refractivity contribution in [2.24, 2.45) is 5.92 Å². The number of benzene rings is 1. The normalized spacial score (nSPS) is 17.6. The molecule has 1 aromatic rings. The van der Waals surface area contributed by atoms with Gasteiger partial charge in [-0.2, -0.15) is 0 Å². The third-order valence-electron chi connectivity index (χ3n) is 4.22. The molecular formula is C17H25NO2. The Morgan fingerprint density at radius 1 is 1.25 bits per heavy atom. The number of rotatable bonds is 6. The number of nitrogens with one attached hydrogen (secondary N) is 1. The second-order valence-electron chi connectivity index (χ2n) is 5.64. The molecule has 1 atom stereocenters. The van der Waals surface area contributed by atoms with E-state index in [1.54, 1.807) is 0 Å². The van der Waals surface area contributed by atoms with Crippen molar-refractivity contribution in [1.29, 1.82) is 0 Å². The molecule has 0 radical (unpaired) electrons. The van der Waals surface area contributed by atoms with Crippen molar-refractivity contribution in [3.63, 3.8) is 0 Å². The summed E-state index contributed by atoms with van der Waals surface area (Å²) in [4.78, 5) is 12.0. The van der Waals surface area contributed by atoms with Crippen molar-refractivity contribution in [2.75, 3.05) is 7.05 Å². The minimum absolute atomic E-state index is 0.0984. The average Bonchev–Trinajstić information content (AvgIpc) is 2.52. The smallest absolute Gasteiger partial charge is 0.307 e. The third kappa shape index (κ3) is 4.64. The van der Waals surface area contributed by atoms with E-state index < -0.39 is 0 Å². The number of hydrogen-bond acceptors (Lipinski definition) is 3. The minimum Gasteiger partial charge on any atom is -0.461 e. The van der Waals surface area contributed by atoms with Gasteiger partial charge in [-0.25, -0.2) is 0 Å². The molecule has 1 aliphatic carbocycles. The van der Waals surface area contributed by atoms with E-state index in [0.717, 1.165) is 5.56 Å². The number of hydrogen-bond donors (Lipinski definition) is 1. The fourth-order valence-electron chi connectivity index (χ4n) is 3.02. The Labute approximate surface area is 121 Å². The number of esters is 1. The van der Waals surface area contributed by atoms with Crippen LogP contribution >= 0.6 is 0 Å². The van der Waals surface area contributed by atoms with Gasteiger partial charge in [0, 0.05) is 6.04 Å². The summed E-state index contributed by atoms with van der Waals surface area (Å²) in [5, 5.41) is 3.30. The molecule has 1 unspecified atom stereocenters. The lowest BCUT2D eigenvalue weighted by atomic mass is 9.83. The minimum atomic E-state index is -0.0984. The average molecular weight is 275 g/mol. The zero-order valence-electron chi connectivity index (χ0n) is 12.3. The fraction of sp³-hybridized carbons (Fsp3) is 0.588. The van der Waals surface area contributed by atoms with E-state index in [0.29, 0.717) is 18.9 Å². The maximum absolute atomic E-state index is 12.0. The Kier molecular flexibility index (Phi) is 6.06. The molecule has 0 aliphatic heterocycles. The van der Waals surface area contributed by atoms with E-state index in [4.69, 9.17) is 4.74 Å². The monoisotopic (exact) mass is 275 g/mol. The van der Waals surface area contributed by atoms with Crippen LogP contribution < -0.4 is 5.32 Å². The number of ether oxygens (including phenoxy) is 1. The molecule has 0 bridgehead atoms. The van der Waals surface area contributed by atoms with E-state index in [9.17, 15) is 4.79 Å². The molecule has 0 saturated heterocycles. The lowest BCUT2D eigenvalue weighted by molar-refractivity contribution is -0.146. The third-order valence-corrected chi connectivity index (χ3v) is 4.22. The predicted molar refractivity (Wildman–Crippen MR) is 80.3 cm³/mol. The first-order valence-electron chi connectivity index (χ1n) is 7.66. The molecule has 1 fully saturated rings. The van der Waals surface area contributed by atoms with Gasteiger partial charge in [0.1, 0.15) is 6.61 Å². The summed E-state index contributed by atoms with van der Waals surface area (Å²) >= 11 is 0. The van der Waals surface area contributed by atoms with Crippen LogP contribution in [0.3, 0.4) is 0 Å².